The number of carbonyl (C=O) groups excluding carboxylic acids is 1. The summed E-state index contributed by atoms with van der Waals surface area (Å²) < 4.78 is 15.9. The van der Waals surface area contributed by atoms with Crippen molar-refractivity contribution < 1.29 is 7.54 Å². The minimum absolute atomic E-state index is 0.417. The Bertz CT molecular complexity index is 775. The number of fused-ring (bicyclic) bond motifs is 1. The van der Waals surface area contributed by atoms with Gasteiger partial charge in [-0.15, -0.1) is 0 Å². The topological polar surface area (TPSA) is 32.7 Å². The zero-order chi connectivity index (χ0) is 15.9. The number of anilines is 1. The van der Waals surface area contributed by atoms with Gasteiger partial charge < -0.3 is 4.90 Å². The lowest BCUT2D eigenvalue weighted by Crippen LogP contribution is -2.27. The summed E-state index contributed by atoms with van der Waals surface area (Å²) >= 11 is 6.09. The molecule has 0 saturated heterocycles. The molecule has 1 heterocycles. The van der Waals surface area contributed by atoms with Crippen LogP contribution in [0.1, 0.15) is 13.9 Å². The maximum Gasteiger partial charge on any atom is 0.248 e. The Morgan fingerprint density at radius 3 is 2.75 bits per heavy atom. The lowest BCUT2D eigenvalue weighted by molar-refractivity contribution is -0.116. The van der Waals surface area contributed by atoms with Crippen molar-refractivity contribution in [1.82, 2.24) is 0 Å². The third kappa shape index (κ3) is 2.21. The summed E-state index contributed by atoms with van der Waals surface area (Å²) in [5.74, 6) is -0.706. The molecule has 0 radical (unpaired) electrons. The van der Waals surface area contributed by atoms with Crippen LogP contribution < -0.4 is 4.90 Å². The molecule has 100 valence electrons. The number of hydrogen-bond acceptors (Lipinski definition) is 2. The number of benzodiazepines with no additional fused rings is 1. The van der Waals surface area contributed by atoms with Gasteiger partial charge in [-0.1, -0.05) is 41.9 Å². The van der Waals surface area contributed by atoms with E-state index in [1.54, 1.807) is 18.2 Å². The van der Waals surface area contributed by atoms with Crippen molar-refractivity contribution in [3.63, 3.8) is 0 Å². The van der Waals surface area contributed by atoms with E-state index < -0.39 is 12.4 Å². The fraction of sp³-hybridized carbons (Fsp3) is 0.125. The summed E-state index contributed by atoms with van der Waals surface area (Å²) in [7, 11) is 1.54. The lowest BCUT2D eigenvalue weighted by atomic mass is 10.0. The number of halogens is 1. The zero-order valence-corrected chi connectivity index (χ0v) is 11.6. The number of amides is 1. The van der Waals surface area contributed by atoms with Crippen molar-refractivity contribution in [3.05, 3.63) is 64.7 Å². The Labute approximate surface area is 125 Å². The van der Waals surface area contributed by atoms with E-state index in [0.29, 0.717) is 22.0 Å². The Kier molecular flexibility index (Phi) is 2.71. The van der Waals surface area contributed by atoms with Crippen LogP contribution in [-0.4, -0.2) is 25.2 Å². The molecule has 0 unspecified atom stereocenters. The minimum Gasteiger partial charge on any atom is -0.313 e. The quantitative estimate of drug-likeness (QED) is 0.792. The third-order valence-electron chi connectivity index (χ3n) is 3.19. The maximum absolute atomic E-state index is 12.3. The number of hydrogen-bond donors (Lipinski definition) is 0. The normalized spacial score (nSPS) is 18.6. The summed E-state index contributed by atoms with van der Waals surface area (Å²) in [5, 5.41) is 0.505. The number of likely N-dealkylation sites (N-methyl/N-ethyl adjacent to an activating group) is 1. The predicted octanol–water partition coefficient (Wildman–Crippen LogP) is 3.15. The fourth-order valence-electron chi connectivity index (χ4n) is 2.15. The van der Waals surface area contributed by atoms with Gasteiger partial charge in [0.2, 0.25) is 5.91 Å². The summed E-state index contributed by atoms with van der Waals surface area (Å²) in [6, 6.07) is 14.3. The van der Waals surface area contributed by atoms with Crippen LogP contribution in [0.5, 0.6) is 0 Å². The Balaban J connectivity index is 2.32. The van der Waals surface area contributed by atoms with Crippen LogP contribution in [0.25, 0.3) is 0 Å². The smallest absolute Gasteiger partial charge is 0.248 e. The van der Waals surface area contributed by atoms with Crippen LogP contribution in [0.4, 0.5) is 5.69 Å². The van der Waals surface area contributed by atoms with Crippen molar-refractivity contribution in [2.75, 3.05) is 18.4 Å². The molecule has 20 heavy (non-hydrogen) atoms. The van der Waals surface area contributed by atoms with Gasteiger partial charge in [-0.2, -0.15) is 0 Å². The van der Waals surface area contributed by atoms with E-state index in [2.05, 4.69) is 4.99 Å². The number of aliphatic imine (C=N–C) groups is 1. The molecule has 3 rings (SSSR count). The summed E-state index contributed by atoms with van der Waals surface area (Å²) in [5.41, 5.74) is 2.37. The van der Waals surface area contributed by atoms with Gasteiger partial charge in [-0.3, -0.25) is 9.79 Å². The molecule has 0 aliphatic carbocycles. The molecule has 0 fully saturated rings. The molecule has 1 aliphatic rings. The molecule has 1 amide bonds. The van der Waals surface area contributed by atoms with Crippen LogP contribution in [0.15, 0.2) is 53.5 Å². The van der Waals surface area contributed by atoms with Gasteiger partial charge in [-0.25, -0.2) is 0 Å². The third-order valence-corrected chi connectivity index (χ3v) is 3.43. The number of rotatable bonds is 1. The van der Waals surface area contributed by atoms with Gasteiger partial charge in [-0.05, 0) is 18.2 Å². The number of benzene rings is 2. The van der Waals surface area contributed by atoms with Gasteiger partial charge in [0.1, 0.15) is 6.50 Å². The second-order valence-electron chi connectivity index (χ2n) is 4.46. The second-order valence-corrected chi connectivity index (χ2v) is 4.90. The largest absolute Gasteiger partial charge is 0.313 e. The molecule has 0 N–H and O–H groups in total. The van der Waals surface area contributed by atoms with Crippen LogP contribution in [0.3, 0.4) is 0 Å². The molecule has 2 aromatic carbocycles. The molecule has 0 saturated carbocycles. The molecule has 0 bridgehead atoms. The fourth-order valence-corrected chi connectivity index (χ4v) is 2.33. The molecule has 0 spiro atoms. The van der Waals surface area contributed by atoms with Gasteiger partial charge >= 0.3 is 0 Å². The standard InChI is InChI=1S/C16H13ClN2O/c1-19-14-8-7-12(17)9-13(14)16(18-10-15(19)20)11-5-3-2-4-6-11/h2-9H,10H2,1H3/i10D2. The highest BCUT2D eigenvalue weighted by Crippen LogP contribution is 2.28. The summed E-state index contributed by atoms with van der Waals surface area (Å²) in [4.78, 5) is 17.7. The summed E-state index contributed by atoms with van der Waals surface area (Å²) in [6.07, 6.45) is 0. The Morgan fingerprint density at radius 1 is 1.25 bits per heavy atom. The lowest BCUT2D eigenvalue weighted by Gasteiger charge is -2.18. The van der Waals surface area contributed by atoms with Gasteiger partial charge in [0, 0.05) is 23.2 Å². The van der Waals surface area contributed by atoms with E-state index in [4.69, 9.17) is 14.3 Å². The molecule has 2 aromatic rings. The van der Waals surface area contributed by atoms with Crippen LogP contribution in [-0.2, 0) is 4.79 Å². The average Bonchev–Trinajstić information content (AvgIpc) is 2.58. The molecule has 1 aliphatic heterocycles. The van der Waals surface area contributed by atoms with E-state index in [9.17, 15) is 4.79 Å². The monoisotopic (exact) mass is 286 g/mol. The SMILES string of the molecule is [2H]C1([2H])N=C(c2ccccc2)c2cc(Cl)ccc2N(C)C1=O. The average molecular weight is 287 g/mol. The minimum atomic E-state index is -2.33. The summed E-state index contributed by atoms with van der Waals surface area (Å²) in [6.45, 7) is -2.33. The Morgan fingerprint density at radius 2 is 2.00 bits per heavy atom. The maximum atomic E-state index is 12.3. The van der Waals surface area contributed by atoms with Crippen molar-refractivity contribution in [2.45, 2.75) is 0 Å². The Hall–Kier alpha value is -2.13. The molecule has 0 aromatic heterocycles. The van der Waals surface area contributed by atoms with E-state index >= 15 is 0 Å². The second kappa shape index (κ2) is 5.10. The molecular weight excluding hydrogens is 272 g/mol. The molecule has 4 heteroatoms. The number of nitrogens with zero attached hydrogens (tertiary/aromatic N) is 2. The van der Waals surface area contributed by atoms with Crippen molar-refractivity contribution in [3.8, 4) is 0 Å². The van der Waals surface area contributed by atoms with Crippen molar-refractivity contribution in [1.29, 1.82) is 0 Å². The highest BCUT2D eigenvalue weighted by atomic mass is 35.5. The first kappa shape index (κ1) is 10.6. The van der Waals surface area contributed by atoms with Crippen molar-refractivity contribution in [2.24, 2.45) is 4.99 Å². The van der Waals surface area contributed by atoms with E-state index in [1.807, 2.05) is 30.3 Å². The molecule has 3 nitrogen and oxygen atoms in total. The van der Waals surface area contributed by atoms with Gasteiger partial charge in [0.25, 0.3) is 0 Å². The van der Waals surface area contributed by atoms with Crippen LogP contribution in [0.2, 0.25) is 5.02 Å². The highest BCUT2D eigenvalue weighted by Gasteiger charge is 2.22. The van der Waals surface area contributed by atoms with E-state index in [0.717, 1.165) is 5.56 Å². The molecular formula is C16H13ClN2O. The van der Waals surface area contributed by atoms with Crippen molar-refractivity contribution >= 4 is 28.9 Å². The molecule has 0 atom stereocenters. The van der Waals surface area contributed by atoms with Crippen LogP contribution in [0, 0.1) is 0 Å². The first-order chi connectivity index (χ1) is 10.4. The van der Waals surface area contributed by atoms with E-state index in [1.165, 1.54) is 11.9 Å². The van der Waals surface area contributed by atoms with E-state index in [-0.39, 0.29) is 0 Å². The zero-order valence-electron chi connectivity index (χ0n) is 12.8. The van der Waals surface area contributed by atoms with Gasteiger partial charge in [0.15, 0.2) is 0 Å². The first-order valence-corrected chi connectivity index (χ1v) is 6.51. The van der Waals surface area contributed by atoms with Crippen LogP contribution >= 0.6 is 11.6 Å². The highest BCUT2D eigenvalue weighted by molar-refractivity contribution is 6.32. The first-order valence-electron chi connectivity index (χ1n) is 7.13. The van der Waals surface area contributed by atoms with Gasteiger partial charge in [0.05, 0.1) is 14.1 Å². The predicted molar refractivity (Wildman–Crippen MR) is 81.8 cm³/mol. The number of carbonyl (C=O) groups is 1.